The van der Waals surface area contributed by atoms with Gasteiger partial charge in [-0.3, -0.25) is 4.79 Å². The average molecular weight is 295 g/mol. The molecule has 1 saturated carbocycles. The van der Waals surface area contributed by atoms with Gasteiger partial charge in [-0.1, -0.05) is 43.9 Å². The first-order valence-electron chi connectivity index (χ1n) is 7.61. The molecule has 0 aliphatic heterocycles. The van der Waals surface area contributed by atoms with Crippen LogP contribution in [-0.4, -0.2) is 26.8 Å². The van der Waals surface area contributed by atoms with Gasteiger partial charge in [0.05, 0.1) is 5.25 Å². The molecule has 0 saturated heterocycles. The quantitative estimate of drug-likeness (QED) is 0.868. The number of hydrogen-bond acceptors (Lipinski definition) is 3. The minimum Gasteiger partial charge on any atom is -0.352 e. The number of nitrogens with zero attached hydrogens (tertiary/aromatic N) is 2. The molecule has 1 atom stereocenters. The maximum atomic E-state index is 12.3. The molecule has 2 rings (SSSR count). The Morgan fingerprint density at radius 3 is 2.60 bits per heavy atom. The average Bonchev–Trinajstić information content (AvgIpc) is 2.78. The van der Waals surface area contributed by atoms with Gasteiger partial charge < -0.3 is 9.88 Å². The van der Waals surface area contributed by atoms with E-state index in [1.54, 1.807) is 6.20 Å². The normalized spacial score (nSPS) is 19.1. The molecule has 0 spiro atoms. The molecule has 1 aromatic heterocycles. The Kier molecular flexibility index (Phi) is 5.95. The van der Waals surface area contributed by atoms with Crippen LogP contribution in [0, 0.1) is 0 Å². The number of hydrogen-bond donors (Lipinski definition) is 1. The van der Waals surface area contributed by atoms with E-state index in [2.05, 4.69) is 10.3 Å². The summed E-state index contributed by atoms with van der Waals surface area (Å²) in [5, 5.41) is 4.02. The molecule has 1 aliphatic carbocycles. The van der Waals surface area contributed by atoms with E-state index in [4.69, 9.17) is 0 Å². The monoisotopic (exact) mass is 295 g/mol. The second kappa shape index (κ2) is 7.72. The van der Waals surface area contributed by atoms with E-state index in [1.165, 1.54) is 43.9 Å². The Labute approximate surface area is 125 Å². The van der Waals surface area contributed by atoms with Gasteiger partial charge in [0, 0.05) is 25.5 Å². The van der Waals surface area contributed by atoms with Crippen molar-refractivity contribution in [3.8, 4) is 0 Å². The SMILES string of the molecule is CC(Sc1nccn1C)C(=O)NC1CCCCCCC1. The summed E-state index contributed by atoms with van der Waals surface area (Å²) < 4.78 is 1.95. The van der Waals surface area contributed by atoms with Crippen molar-refractivity contribution in [2.75, 3.05) is 0 Å². The van der Waals surface area contributed by atoms with Crippen LogP contribution < -0.4 is 5.32 Å². The van der Waals surface area contributed by atoms with Gasteiger partial charge >= 0.3 is 0 Å². The lowest BCUT2D eigenvalue weighted by atomic mass is 9.97. The molecular weight excluding hydrogens is 270 g/mol. The van der Waals surface area contributed by atoms with Gasteiger partial charge in [-0.05, 0) is 19.8 Å². The van der Waals surface area contributed by atoms with Crippen molar-refractivity contribution in [1.29, 1.82) is 0 Å². The van der Waals surface area contributed by atoms with Crippen LogP contribution in [0.1, 0.15) is 51.9 Å². The summed E-state index contributed by atoms with van der Waals surface area (Å²) in [6.45, 7) is 1.96. The van der Waals surface area contributed by atoms with Crippen molar-refractivity contribution >= 4 is 17.7 Å². The molecule has 1 heterocycles. The zero-order chi connectivity index (χ0) is 14.4. The molecule has 20 heavy (non-hydrogen) atoms. The fourth-order valence-corrected chi connectivity index (χ4v) is 3.44. The summed E-state index contributed by atoms with van der Waals surface area (Å²) in [6, 6.07) is 0.368. The van der Waals surface area contributed by atoms with Crippen molar-refractivity contribution in [1.82, 2.24) is 14.9 Å². The van der Waals surface area contributed by atoms with E-state index in [1.807, 2.05) is 24.7 Å². The highest BCUT2D eigenvalue weighted by molar-refractivity contribution is 8.00. The molecular formula is C15H25N3OS. The maximum absolute atomic E-state index is 12.3. The van der Waals surface area contributed by atoms with Gasteiger partial charge in [-0.2, -0.15) is 0 Å². The summed E-state index contributed by atoms with van der Waals surface area (Å²) in [6.07, 6.45) is 12.4. The summed E-state index contributed by atoms with van der Waals surface area (Å²) in [5.74, 6) is 0.142. The smallest absolute Gasteiger partial charge is 0.233 e. The Morgan fingerprint density at radius 1 is 1.35 bits per heavy atom. The number of rotatable bonds is 4. The molecule has 5 heteroatoms. The number of thioether (sulfide) groups is 1. The largest absolute Gasteiger partial charge is 0.352 e. The van der Waals surface area contributed by atoms with Gasteiger partial charge in [0.25, 0.3) is 0 Å². The summed E-state index contributed by atoms with van der Waals surface area (Å²) >= 11 is 1.52. The Bertz CT molecular complexity index is 425. The molecule has 1 aliphatic rings. The molecule has 1 amide bonds. The third-order valence-corrected chi connectivity index (χ3v) is 5.05. The van der Waals surface area contributed by atoms with Crippen LogP contribution in [-0.2, 0) is 11.8 Å². The molecule has 1 unspecified atom stereocenters. The van der Waals surface area contributed by atoms with E-state index >= 15 is 0 Å². The summed E-state index contributed by atoms with van der Waals surface area (Å²) in [5.41, 5.74) is 0. The molecule has 0 bridgehead atoms. The predicted molar refractivity (Wildman–Crippen MR) is 82.8 cm³/mol. The second-order valence-corrected chi connectivity index (χ2v) is 6.94. The van der Waals surface area contributed by atoms with Crippen LogP contribution in [0.2, 0.25) is 0 Å². The van der Waals surface area contributed by atoms with Gasteiger partial charge in [0.15, 0.2) is 5.16 Å². The van der Waals surface area contributed by atoms with Crippen LogP contribution in [0.25, 0.3) is 0 Å². The van der Waals surface area contributed by atoms with Crippen molar-refractivity contribution in [3.05, 3.63) is 12.4 Å². The van der Waals surface area contributed by atoms with E-state index in [0.29, 0.717) is 6.04 Å². The number of aryl methyl sites for hydroxylation is 1. The van der Waals surface area contributed by atoms with Gasteiger partial charge in [-0.15, -0.1) is 0 Å². The van der Waals surface area contributed by atoms with Crippen LogP contribution >= 0.6 is 11.8 Å². The van der Waals surface area contributed by atoms with E-state index < -0.39 is 0 Å². The maximum Gasteiger partial charge on any atom is 0.233 e. The summed E-state index contributed by atoms with van der Waals surface area (Å²) in [4.78, 5) is 16.5. The number of imidazole rings is 1. The standard InChI is InChI=1S/C15H25N3OS/c1-12(20-15-16-10-11-18(15)2)14(19)17-13-8-6-4-3-5-7-9-13/h10-13H,3-9H2,1-2H3,(H,17,19). The lowest BCUT2D eigenvalue weighted by Crippen LogP contribution is -2.39. The topological polar surface area (TPSA) is 46.9 Å². The number of amides is 1. The highest BCUT2D eigenvalue weighted by atomic mass is 32.2. The fourth-order valence-electron chi connectivity index (χ4n) is 2.60. The van der Waals surface area contributed by atoms with Gasteiger partial charge in [0.1, 0.15) is 0 Å². The highest BCUT2D eigenvalue weighted by Crippen LogP contribution is 2.22. The predicted octanol–water partition coefficient (Wildman–Crippen LogP) is 3.13. The summed E-state index contributed by atoms with van der Waals surface area (Å²) in [7, 11) is 1.95. The first kappa shape index (κ1) is 15.4. The molecule has 112 valence electrons. The highest BCUT2D eigenvalue weighted by Gasteiger charge is 2.20. The number of aromatic nitrogens is 2. The van der Waals surface area contributed by atoms with Crippen molar-refractivity contribution in [2.45, 2.75) is 68.3 Å². The number of carbonyl (C=O) groups is 1. The molecule has 4 nitrogen and oxygen atoms in total. The number of nitrogens with one attached hydrogen (secondary N) is 1. The van der Waals surface area contributed by atoms with Crippen LogP contribution in [0.3, 0.4) is 0 Å². The first-order chi connectivity index (χ1) is 9.66. The van der Waals surface area contributed by atoms with E-state index in [9.17, 15) is 4.79 Å². The Hall–Kier alpha value is -0.970. The Balaban J connectivity index is 1.82. The first-order valence-corrected chi connectivity index (χ1v) is 8.49. The second-order valence-electron chi connectivity index (χ2n) is 5.63. The van der Waals surface area contributed by atoms with Crippen LogP contribution in [0.15, 0.2) is 17.6 Å². The van der Waals surface area contributed by atoms with Gasteiger partial charge in [0.2, 0.25) is 5.91 Å². The fraction of sp³-hybridized carbons (Fsp3) is 0.733. The number of carbonyl (C=O) groups excluding carboxylic acids is 1. The third kappa shape index (κ3) is 4.54. The van der Waals surface area contributed by atoms with Crippen molar-refractivity contribution in [2.24, 2.45) is 7.05 Å². The molecule has 0 radical (unpaired) electrons. The minimum atomic E-state index is -0.0958. The lowest BCUT2D eigenvalue weighted by Gasteiger charge is -2.22. The van der Waals surface area contributed by atoms with Gasteiger partial charge in [-0.25, -0.2) is 4.98 Å². The van der Waals surface area contributed by atoms with Crippen LogP contribution in [0.5, 0.6) is 0 Å². The van der Waals surface area contributed by atoms with E-state index in [0.717, 1.165) is 18.0 Å². The third-order valence-electron chi connectivity index (χ3n) is 3.88. The zero-order valence-corrected chi connectivity index (χ0v) is 13.3. The zero-order valence-electron chi connectivity index (χ0n) is 12.5. The van der Waals surface area contributed by atoms with E-state index in [-0.39, 0.29) is 11.2 Å². The molecule has 1 N–H and O–H groups in total. The lowest BCUT2D eigenvalue weighted by molar-refractivity contribution is -0.121. The van der Waals surface area contributed by atoms with Crippen molar-refractivity contribution < 1.29 is 4.79 Å². The van der Waals surface area contributed by atoms with Crippen LogP contribution in [0.4, 0.5) is 0 Å². The van der Waals surface area contributed by atoms with Crippen molar-refractivity contribution in [3.63, 3.8) is 0 Å². The molecule has 1 fully saturated rings. The molecule has 0 aromatic carbocycles. The minimum absolute atomic E-state index is 0.0958. The Morgan fingerprint density at radius 2 is 2.00 bits per heavy atom. The molecule has 1 aromatic rings.